The molecule has 1 N–H and O–H groups in total. The lowest BCUT2D eigenvalue weighted by atomic mass is 9.85. The first-order chi connectivity index (χ1) is 9.95. The smallest absolute Gasteiger partial charge is 0.228 e. The van der Waals surface area contributed by atoms with Crippen LogP contribution in [0.25, 0.3) is 11.4 Å². The fraction of sp³-hybridized carbons (Fsp3) is 0.562. The van der Waals surface area contributed by atoms with E-state index in [1.54, 1.807) is 6.20 Å². The summed E-state index contributed by atoms with van der Waals surface area (Å²) in [5.41, 5.74) is 2.26. The monoisotopic (exact) mass is 288 g/mol. The third kappa shape index (κ3) is 3.67. The van der Waals surface area contributed by atoms with E-state index in [2.05, 4.69) is 48.1 Å². The van der Waals surface area contributed by atoms with Crippen molar-refractivity contribution in [1.82, 2.24) is 20.4 Å². The van der Waals surface area contributed by atoms with Crippen molar-refractivity contribution >= 4 is 0 Å². The summed E-state index contributed by atoms with van der Waals surface area (Å²) in [5, 5.41) is 7.45. The highest BCUT2D eigenvalue weighted by molar-refractivity contribution is 5.58. The highest BCUT2D eigenvalue weighted by Crippen LogP contribution is 2.24. The van der Waals surface area contributed by atoms with Gasteiger partial charge in [0.2, 0.25) is 11.7 Å². The van der Waals surface area contributed by atoms with Gasteiger partial charge in [0, 0.05) is 30.4 Å². The molecule has 0 saturated heterocycles. The molecule has 0 amide bonds. The van der Waals surface area contributed by atoms with Crippen LogP contribution >= 0.6 is 0 Å². The summed E-state index contributed by atoms with van der Waals surface area (Å²) < 4.78 is 5.42. The van der Waals surface area contributed by atoms with Crippen molar-refractivity contribution in [3.8, 4) is 11.4 Å². The van der Waals surface area contributed by atoms with Crippen LogP contribution in [0.15, 0.2) is 23.0 Å². The average molecular weight is 288 g/mol. The summed E-state index contributed by atoms with van der Waals surface area (Å²) in [5.74, 6) is 1.31. The number of pyridine rings is 1. The van der Waals surface area contributed by atoms with Crippen molar-refractivity contribution in [2.75, 3.05) is 7.05 Å². The van der Waals surface area contributed by atoms with E-state index in [0.29, 0.717) is 11.7 Å². The molecular formula is C16H24N4O. The topological polar surface area (TPSA) is 63.8 Å². The maximum absolute atomic E-state index is 5.42. The molecule has 0 saturated carbocycles. The van der Waals surface area contributed by atoms with Gasteiger partial charge in [0.05, 0.1) is 0 Å². The number of hydrogen-bond donors (Lipinski definition) is 1. The lowest BCUT2D eigenvalue weighted by Crippen LogP contribution is -2.39. The fourth-order valence-corrected chi connectivity index (χ4v) is 2.39. The van der Waals surface area contributed by atoms with Gasteiger partial charge in [-0.3, -0.25) is 4.98 Å². The molecule has 2 heterocycles. The van der Waals surface area contributed by atoms with Gasteiger partial charge in [0.25, 0.3) is 0 Å². The molecule has 0 aliphatic rings. The van der Waals surface area contributed by atoms with Crippen LogP contribution in [-0.4, -0.2) is 28.2 Å². The minimum atomic E-state index is 0.134. The summed E-state index contributed by atoms with van der Waals surface area (Å²) in [6.45, 7) is 8.69. The van der Waals surface area contributed by atoms with E-state index in [1.165, 1.54) is 0 Å². The molecule has 0 aromatic carbocycles. The van der Waals surface area contributed by atoms with E-state index in [4.69, 9.17) is 4.52 Å². The Bertz CT molecular complexity index is 586. The molecule has 0 fully saturated rings. The number of likely N-dealkylation sites (N-methyl/N-ethyl adjacent to an activating group) is 1. The molecule has 5 nitrogen and oxygen atoms in total. The first-order valence-corrected chi connectivity index (χ1v) is 7.38. The first-order valence-electron chi connectivity index (χ1n) is 7.38. The summed E-state index contributed by atoms with van der Waals surface area (Å²) in [7, 11) is 1.96. The molecule has 0 aliphatic carbocycles. The highest BCUT2D eigenvalue weighted by atomic mass is 16.5. The van der Waals surface area contributed by atoms with Gasteiger partial charge in [-0.05, 0) is 30.5 Å². The largest absolute Gasteiger partial charge is 0.339 e. The van der Waals surface area contributed by atoms with Gasteiger partial charge in [-0.15, -0.1) is 0 Å². The van der Waals surface area contributed by atoms with Crippen molar-refractivity contribution in [1.29, 1.82) is 0 Å². The van der Waals surface area contributed by atoms with Gasteiger partial charge in [-0.25, -0.2) is 0 Å². The third-order valence-electron chi connectivity index (χ3n) is 3.77. The van der Waals surface area contributed by atoms with E-state index in [0.717, 1.165) is 24.0 Å². The zero-order chi connectivity index (χ0) is 15.5. The molecule has 5 heteroatoms. The van der Waals surface area contributed by atoms with Gasteiger partial charge < -0.3 is 9.84 Å². The number of rotatable bonds is 5. The van der Waals surface area contributed by atoms with Crippen LogP contribution in [0.4, 0.5) is 0 Å². The quantitative estimate of drug-likeness (QED) is 0.916. The SMILES string of the molecule is CCc1cnccc1-c1noc(CC(NC)C(C)(C)C)n1. The molecule has 2 aromatic heterocycles. The molecule has 2 aromatic rings. The van der Waals surface area contributed by atoms with Crippen molar-refractivity contribution < 1.29 is 4.52 Å². The van der Waals surface area contributed by atoms with Crippen LogP contribution in [0.3, 0.4) is 0 Å². The Kier molecular flexibility index (Phi) is 4.73. The van der Waals surface area contributed by atoms with Crippen molar-refractivity contribution in [2.45, 2.75) is 46.6 Å². The van der Waals surface area contributed by atoms with Gasteiger partial charge in [-0.1, -0.05) is 32.9 Å². The minimum absolute atomic E-state index is 0.134. The second-order valence-electron chi connectivity index (χ2n) is 6.31. The Morgan fingerprint density at radius 3 is 2.71 bits per heavy atom. The number of nitrogens with zero attached hydrogens (tertiary/aromatic N) is 3. The Balaban J connectivity index is 2.22. The maximum Gasteiger partial charge on any atom is 0.228 e. The molecule has 2 rings (SSSR count). The van der Waals surface area contributed by atoms with E-state index in [-0.39, 0.29) is 11.5 Å². The number of nitrogens with one attached hydrogen (secondary N) is 1. The van der Waals surface area contributed by atoms with Crippen molar-refractivity contribution in [3.05, 3.63) is 29.9 Å². The normalized spacial score (nSPS) is 13.4. The molecule has 1 unspecified atom stereocenters. The third-order valence-corrected chi connectivity index (χ3v) is 3.77. The van der Waals surface area contributed by atoms with E-state index in [9.17, 15) is 0 Å². The molecule has 114 valence electrons. The zero-order valence-corrected chi connectivity index (χ0v) is 13.5. The number of aromatic nitrogens is 3. The second kappa shape index (κ2) is 6.35. The van der Waals surface area contributed by atoms with Gasteiger partial charge in [0.1, 0.15) is 0 Å². The van der Waals surface area contributed by atoms with Crippen LogP contribution < -0.4 is 5.32 Å². The molecule has 1 atom stereocenters. The highest BCUT2D eigenvalue weighted by Gasteiger charge is 2.25. The Morgan fingerprint density at radius 1 is 1.33 bits per heavy atom. The predicted molar refractivity (Wildman–Crippen MR) is 82.9 cm³/mol. The number of hydrogen-bond acceptors (Lipinski definition) is 5. The fourth-order valence-electron chi connectivity index (χ4n) is 2.39. The maximum atomic E-state index is 5.42. The second-order valence-corrected chi connectivity index (χ2v) is 6.31. The standard InChI is InChI=1S/C16H24N4O/c1-6-11-10-18-8-7-12(11)15-19-14(21-20-15)9-13(17-5)16(2,3)4/h7-8,10,13,17H,6,9H2,1-5H3. The molecular weight excluding hydrogens is 264 g/mol. The van der Waals surface area contributed by atoms with Crippen molar-refractivity contribution in [3.63, 3.8) is 0 Å². The Labute approximate surface area is 126 Å². The van der Waals surface area contributed by atoms with Gasteiger partial charge in [0.15, 0.2) is 0 Å². The van der Waals surface area contributed by atoms with Crippen molar-refractivity contribution in [2.24, 2.45) is 5.41 Å². The minimum Gasteiger partial charge on any atom is -0.339 e. The lowest BCUT2D eigenvalue weighted by molar-refractivity contribution is 0.255. The van der Waals surface area contributed by atoms with Gasteiger partial charge >= 0.3 is 0 Å². The number of aryl methyl sites for hydroxylation is 1. The molecule has 0 aliphatic heterocycles. The molecule has 0 spiro atoms. The van der Waals surface area contributed by atoms with Crippen LogP contribution in [0.5, 0.6) is 0 Å². The summed E-state index contributed by atoms with van der Waals surface area (Å²) in [6.07, 6.45) is 5.24. The molecule has 21 heavy (non-hydrogen) atoms. The van der Waals surface area contributed by atoms with Crippen LogP contribution in [0.2, 0.25) is 0 Å². The van der Waals surface area contributed by atoms with Gasteiger partial charge in [-0.2, -0.15) is 4.98 Å². The van der Waals surface area contributed by atoms with Crippen LogP contribution in [0, 0.1) is 5.41 Å². The Hall–Kier alpha value is -1.75. The summed E-state index contributed by atoms with van der Waals surface area (Å²) in [6, 6.07) is 2.22. The van der Waals surface area contributed by atoms with E-state index >= 15 is 0 Å². The zero-order valence-electron chi connectivity index (χ0n) is 13.5. The summed E-state index contributed by atoms with van der Waals surface area (Å²) >= 11 is 0. The first kappa shape index (κ1) is 15.6. The molecule has 0 bridgehead atoms. The van der Waals surface area contributed by atoms with E-state index in [1.807, 2.05) is 19.3 Å². The average Bonchev–Trinajstić information content (AvgIpc) is 2.92. The predicted octanol–water partition coefficient (Wildman–Crippen LogP) is 2.87. The summed E-state index contributed by atoms with van der Waals surface area (Å²) in [4.78, 5) is 8.69. The Morgan fingerprint density at radius 2 is 2.10 bits per heavy atom. The van der Waals surface area contributed by atoms with Crippen LogP contribution in [-0.2, 0) is 12.8 Å². The van der Waals surface area contributed by atoms with E-state index < -0.39 is 0 Å². The van der Waals surface area contributed by atoms with Crippen LogP contribution in [0.1, 0.15) is 39.1 Å². The molecule has 0 radical (unpaired) electrons. The lowest BCUT2D eigenvalue weighted by Gasteiger charge is -2.29.